The van der Waals surface area contributed by atoms with Gasteiger partial charge in [-0.3, -0.25) is 5.32 Å². The summed E-state index contributed by atoms with van der Waals surface area (Å²) in [5.74, 6) is 0.626. The molecule has 0 unspecified atom stereocenters. The minimum Gasteiger partial charge on any atom is -0.348 e. The molecule has 1 saturated heterocycles. The number of carbonyl (C=O) groups is 1. The lowest BCUT2D eigenvalue weighted by Crippen LogP contribution is -2.29. The van der Waals surface area contributed by atoms with Crippen molar-refractivity contribution in [3.63, 3.8) is 0 Å². The van der Waals surface area contributed by atoms with Gasteiger partial charge in [0.2, 0.25) is 0 Å². The molecule has 0 spiro atoms. The number of amides is 2. The smallest absolute Gasteiger partial charge is 0.324 e. The summed E-state index contributed by atoms with van der Waals surface area (Å²) >= 11 is 1.56. The summed E-state index contributed by atoms with van der Waals surface area (Å²) in [4.78, 5) is 20.5. The van der Waals surface area contributed by atoms with Crippen molar-refractivity contribution in [2.45, 2.75) is 58.8 Å². The summed E-state index contributed by atoms with van der Waals surface area (Å²) in [7, 11) is 0. The van der Waals surface area contributed by atoms with E-state index in [1.807, 2.05) is 30.3 Å². The highest BCUT2D eigenvalue weighted by Crippen LogP contribution is 2.39. The summed E-state index contributed by atoms with van der Waals surface area (Å²) < 4.78 is 0. The van der Waals surface area contributed by atoms with Gasteiger partial charge in [0.05, 0.1) is 0 Å². The van der Waals surface area contributed by atoms with Gasteiger partial charge in [0.1, 0.15) is 10.7 Å². The van der Waals surface area contributed by atoms with E-state index in [9.17, 15) is 4.79 Å². The Labute approximate surface area is 201 Å². The minimum absolute atomic E-state index is 0.226. The molecule has 0 saturated carbocycles. The second kappa shape index (κ2) is 10.4. The van der Waals surface area contributed by atoms with Gasteiger partial charge in [-0.15, -0.1) is 0 Å². The van der Waals surface area contributed by atoms with E-state index in [0.717, 1.165) is 51.3 Å². The number of hydrogen-bond acceptors (Lipinski definition) is 4. The molecule has 1 aliphatic heterocycles. The van der Waals surface area contributed by atoms with Crippen LogP contribution in [-0.4, -0.2) is 24.1 Å². The number of benzene rings is 2. The minimum atomic E-state index is -0.226. The molecular weight excluding hydrogens is 428 g/mol. The topological polar surface area (TPSA) is 57.3 Å². The molecule has 4 rings (SSSR count). The monoisotopic (exact) mass is 462 g/mol. The molecule has 6 heteroatoms. The number of thiazole rings is 1. The van der Waals surface area contributed by atoms with Crippen LogP contribution in [0.3, 0.4) is 0 Å². The summed E-state index contributed by atoms with van der Waals surface area (Å²) in [6.07, 6.45) is 3.65. The number of nitrogens with one attached hydrogen (secondary N) is 2. The zero-order valence-corrected chi connectivity index (χ0v) is 20.8. The molecule has 0 atom stereocenters. The number of aromatic nitrogens is 1. The van der Waals surface area contributed by atoms with Crippen LogP contribution in [0.1, 0.15) is 69.9 Å². The molecule has 2 N–H and O–H groups in total. The van der Waals surface area contributed by atoms with Crippen molar-refractivity contribution in [2.24, 2.45) is 0 Å². The molecule has 1 fully saturated rings. The van der Waals surface area contributed by atoms with E-state index in [-0.39, 0.29) is 6.03 Å². The fourth-order valence-corrected chi connectivity index (χ4v) is 5.38. The molecule has 174 valence electrons. The lowest BCUT2D eigenvalue weighted by molar-refractivity contribution is 0.262. The van der Waals surface area contributed by atoms with Gasteiger partial charge in [-0.1, -0.05) is 87.6 Å². The number of hydrogen-bond donors (Lipinski definition) is 2. The van der Waals surface area contributed by atoms with Crippen LogP contribution in [0.2, 0.25) is 0 Å². The van der Waals surface area contributed by atoms with Crippen LogP contribution in [0, 0.1) is 0 Å². The number of nitrogens with zero attached hydrogens (tertiary/aromatic N) is 2. The average molecular weight is 463 g/mol. The molecule has 0 bridgehead atoms. The Morgan fingerprint density at radius 2 is 1.52 bits per heavy atom. The number of anilines is 3. The van der Waals surface area contributed by atoms with Crippen molar-refractivity contribution < 1.29 is 4.79 Å². The standard InChI is InChI=1S/C27H34N4OS/c1-18(2)21-14-11-15-22(19(3)4)24(21)28-26(32)30-25-23(20-12-7-5-8-13-20)29-27(33-25)31-16-9-6-10-17-31/h5,7-8,11-15,18-19H,6,9-10,16-17H2,1-4H3,(H2,28,30,32). The highest BCUT2D eigenvalue weighted by Gasteiger charge is 2.22. The van der Waals surface area contributed by atoms with Crippen molar-refractivity contribution in [3.8, 4) is 11.3 Å². The van der Waals surface area contributed by atoms with Gasteiger partial charge >= 0.3 is 6.03 Å². The normalized spacial score (nSPS) is 14.1. The van der Waals surface area contributed by atoms with Crippen LogP contribution < -0.4 is 15.5 Å². The predicted molar refractivity (Wildman–Crippen MR) is 141 cm³/mol. The lowest BCUT2D eigenvalue weighted by atomic mass is 9.93. The molecule has 3 aromatic rings. The number of piperidine rings is 1. The van der Waals surface area contributed by atoms with Crippen LogP contribution in [0.4, 0.5) is 20.6 Å². The number of para-hydroxylation sites is 1. The molecule has 0 radical (unpaired) electrons. The summed E-state index contributed by atoms with van der Waals surface area (Å²) in [6.45, 7) is 10.7. The highest BCUT2D eigenvalue weighted by atomic mass is 32.1. The fraction of sp³-hybridized carbons (Fsp3) is 0.407. The third-order valence-electron chi connectivity index (χ3n) is 6.13. The molecule has 2 heterocycles. The Bertz CT molecular complexity index is 1060. The zero-order valence-electron chi connectivity index (χ0n) is 20.0. The maximum atomic E-state index is 13.2. The van der Waals surface area contributed by atoms with E-state index >= 15 is 0 Å². The number of urea groups is 1. The van der Waals surface area contributed by atoms with Gasteiger partial charge in [-0.05, 0) is 42.2 Å². The van der Waals surface area contributed by atoms with Crippen molar-refractivity contribution in [3.05, 3.63) is 59.7 Å². The van der Waals surface area contributed by atoms with Gasteiger partial charge in [0.25, 0.3) is 0 Å². The van der Waals surface area contributed by atoms with E-state index in [1.54, 1.807) is 11.3 Å². The Morgan fingerprint density at radius 3 is 2.12 bits per heavy atom. The zero-order chi connectivity index (χ0) is 23.4. The Morgan fingerprint density at radius 1 is 0.879 bits per heavy atom. The average Bonchev–Trinajstić information content (AvgIpc) is 3.23. The van der Waals surface area contributed by atoms with Crippen LogP contribution in [-0.2, 0) is 0 Å². The van der Waals surface area contributed by atoms with E-state index in [0.29, 0.717) is 11.8 Å². The highest BCUT2D eigenvalue weighted by molar-refractivity contribution is 7.20. The van der Waals surface area contributed by atoms with E-state index in [4.69, 9.17) is 4.98 Å². The quantitative estimate of drug-likeness (QED) is 0.395. The molecule has 2 aromatic carbocycles. The van der Waals surface area contributed by atoms with Gasteiger partial charge in [-0.2, -0.15) is 0 Å². The first-order chi connectivity index (χ1) is 15.9. The number of rotatable bonds is 6. The van der Waals surface area contributed by atoms with Crippen LogP contribution >= 0.6 is 11.3 Å². The molecular formula is C27H34N4OS. The van der Waals surface area contributed by atoms with Crippen LogP contribution in [0.5, 0.6) is 0 Å². The second-order valence-corrected chi connectivity index (χ2v) is 10.3. The SMILES string of the molecule is CC(C)c1cccc(C(C)C)c1NC(=O)Nc1sc(N2CCCCC2)nc1-c1ccccc1. The lowest BCUT2D eigenvalue weighted by Gasteiger charge is -2.25. The van der Waals surface area contributed by atoms with Gasteiger partial charge < -0.3 is 10.2 Å². The van der Waals surface area contributed by atoms with Crippen LogP contribution in [0.25, 0.3) is 11.3 Å². The van der Waals surface area contributed by atoms with E-state index in [1.165, 1.54) is 19.3 Å². The maximum Gasteiger partial charge on any atom is 0.324 e. The number of carbonyl (C=O) groups excluding carboxylic acids is 1. The van der Waals surface area contributed by atoms with E-state index in [2.05, 4.69) is 61.4 Å². The predicted octanol–water partition coefficient (Wildman–Crippen LogP) is 7.69. The summed E-state index contributed by atoms with van der Waals surface area (Å²) in [5.41, 5.74) is 5.06. The Kier molecular flexibility index (Phi) is 7.33. The molecule has 33 heavy (non-hydrogen) atoms. The summed E-state index contributed by atoms with van der Waals surface area (Å²) in [6, 6.07) is 16.2. The largest absolute Gasteiger partial charge is 0.348 e. The Hall–Kier alpha value is -2.86. The van der Waals surface area contributed by atoms with Gasteiger partial charge in [-0.25, -0.2) is 9.78 Å². The first-order valence-electron chi connectivity index (χ1n) is 12.0. The van der Waals surface area contributed by atoms with Crippen molar-refractivity contribution >= 4 is 33.2 Å². The van der Waals surface area contributed by atoms with Crippen molar-refractivity contribution in [1.82, 2.24) is 4.98 Å². The first kappa shape index (κ1) is 23.3. The Balaban J connectivity index is 1.64. The molecule has 2 amide bonds. The van der Waals surface area contributed by atoms with Gasteiger partial charge in [0.15, 0.2) is 5.13 Å². The van der Waals surface area contributed by atoms with E-state index < -0.39 is 0 Å². The maximum absolute atomic E-state index is 13.2. The molecule has 1 aromatic heterocycles. The second-order valence-electron chi connectivity index (χ2n) is 9.29. The third-order valence-corrected chi connectivity index (χ3v) is 7.16. The third kappa shape index (κ3) is 5.38. The van der Waals surface area contributed by atoms with Crippen LogP contribution in [0.15, 0.2) is 48.5 Å². The van der Waals surface area contributed by atoms with Crippen molar-refractivity contribution in [2.75, 3.05) is 28.6 Å². The molecule has 1 aliphatic rings. The fourth-order valence-electron chi connectivity index (χ4n) is 4.35. The molecule has 0 aliphatic carbocycles. The summed E-state index contributed by atoms with van der Waals surface area (Å²) in [5, 5.41) is 8.07. The van der Waals surface area contributed by atoms with Crippen molar-refractivity contribution in [1.29, 1.82) is 0 Å². The van der Waals surface area contributed by atoms with Gasteiger partial charge in [0, 0.05) is 24.3 Å². The first-order valence-corrected chi connectivity index (χ1v) is 12.8. The molecule has 5 nitrogen and oxygen atoms in total.